The van der Waals surface area contributed by atoms with E-state index in [4.69, 9.17) is 10.5 Å². The highest BCUT2D eigenvalue weighted by Gasteiger charge is 2.27. The van der Waals surface area contributed by atoms with Crippen LogP contribution in [0.1, 0.15) is 27.2 Å². The molecule has 0 saturated carbocycles. The first-order valence-corrected chi connectivity index (χ1v) is 4.49. The van der Waals surface area contributed by atoms with E-state index < -0.39 is 5.54 Å². The first-order valence-electron chi connectivity index (χ1n) is 4.49. The molecule has 4 nitrogen and oxygen atoms in total. The maximum atomic E-state index is 11.5. The topological polar surface area (TPSA) is 64.3 Å². The summed E-state index contributed by atoms with van der Waals surface area (Å²) in [6.07, 6.45) is 0.530. The molecule has 0 aliphatic carbocycles. The summed E-state index contributed by atoms with van der Waals surface area (Å²) in [4.78, 5) is 11.5. The average molecular weight is 188 g/mol. The third-order valence-corrected chi connectivity index (χ3v) is 1.76. The van der Waals surface area contributed by atoms with Gasteiger partial charge in [-0.1, -0.05) is 0 Å². The molecule has 78 valence electrons. The van der Waals surface area contributed by atoms with Crippen molar-refractivity contribution in [3.05, 3.63) is 0 Å². The first-order chi connectivity index (χ1) is 5.90. The van der Waals surface area contributed by atoms with E-state index in [1.165, 1.54) is 0 Å². The molecule has 0 radical (unpaired) electrons. The number of rotatable bonds is 5. The summed E-state index contributed by atoms with van der Waals surface area (Å²) in [7, 11) is 1.59. The van der Waals surface area contributed by atoms with Crippen molar-refractivity contribution in [2.24, 2.45) is 5.73 Å². The fourth-order valence-corrected chi connectivity index (χ4v) is 0.855. The Morgan fingerprint density at radius 2 is 2.15 bits per heavy atom. The lowest BCUT2D eigenvalue weighted by molar-refractivity contribution is -0.126. The number of ether oxygens (including phenoxy) is 1. The second-order valence-corrected chi connectivity index (χ2v) is 3.79. The number of hydrogen-bond acceptors (Lipinski definition) is 3. The molecule has 0 aliphatic rings. The predicted molar refractivity (Wildman–Crippen MR) is 52.4 cm³/mol. The van der Waals surface area contributed by atoms with Crippen LogP contribution in [0.25, 0.3) is 0 Å². The summed E-state index contributed by atoms with van der Waals surface area (Å²) in [6, 6.07) is 0.123. The summed E-state index contributed by atoms with van der Waals surface area (Å²) < 4.78 is 4.87. The van der Waals surface area contributed by atoms with Gasteiger partial charge >= 0.3 is 0 Å². The van der Waals surface area contributed by atoms with Gasteiger partial charge in [0.05, 0.1) is 5.54 Å². The molecule has 0 saturated heterocycles. The van der Waals surface area contributed by atoms with Gasteiger partial charge < -0.3 is 15.8 Å². The fourth-order valence-electron chi connectivity index (χ4n) is 0.855. The molecule has 4 heteroatoms. The van der Waals surface area contributed by atoms with Crippen LogP contribution >= 0.6 is 0 Å². The monoisotopic (exact) mass is 188 g/mol. The number of hydrogen-bond donors (Lipinski definition) is 2. The normalized spacial score (nSPS) is 15.5. The van der Waals surface area contributed by atoms with Gasteiger partial charge in [0.25, 0.3) is 0 Å². The molecule has 0 unspecified atom stereocenters. The highest BCUT2D eigenvalue weighted by atomic mass is 16.5. The van der Waals surface area contributed by atoms with Crippen LogP contribution in [0.4, 0.5) is 0 Å². The number of nitrogens with one attached hydrogen (secondary N) is 1. The Bertz CT molecular complexity index is 167. The van der Waals surface area contributed by atoms with E-state index in [9.17, 15) is 4.79 Å². The van der Waals surface area contributed by atoms with Crippen molar-refractivity contribution in [3.8, 4) is 0 Å². The van der Waals surface area contributed by atoms with Crippen molar-refractivity contribution in [1.29, 1.82) is 0 Å². The van der Waals surface area contributed by atoms with Crippen LogP contribution in [-0.4, -0.2) is 31.2 Å². The number of methoxy groups -OCH3 is 1. The molecular weight excluding hydrogens is 168 g/mol. The smallest absolute Gasteiger partial charge is 0.240 e. The van der Waals surface area contributed by atoms with Gasteiger partial charge in [-0.3, -0.25) is 4.79 Å². The molecule has 1 atom stereocenters. The zero-order valence-electron chi connectivity index (χ0n) is 8.89. The Hall–Kier alpha value is -0.610. The van der Waals surface area contributed by atoms with Crippen LogP contribution in [0, 0.1) is 0 Å². The van der Waals surface area contributed by atoms with E-state index in [1.807, 2.05) is 13.8 Å². The summed E-state index contributed by atoms with van der Waals surface area (Å²) in [6.45, 7) is 6.02. The molecule has 1 amide bonds. The summed E-state index contributed by atoms with van der Waals surface area (Å²) in [5, 5.41) is 2.77. The van der Waals surface area contributed by atoms with E-state index in [0.29, 0.717) is 13.0 Å². The first kappa shape index (κ1) is 12.4. The van der Waals surface area contributed by atoms with E-state index in [0.717, 1.165) is 0 Å². The number of carbonyl (C=O) groups excluding carboxylic acids is 1. The van der Waals surface area contributed by atoms with Gasteiger partial charge in [0.15, 0.2) is 0 Å². The highest BCUT2D eigenvalue weighted by molar-refractivity contribution is 5.85. The number of amides is 1. The number of carbonyl (C=O) groups is 1. The maximum absolute atomic E-state index is 11.5. The second-order valence-electron chi connectivity index (χ2n) is 3.79. The third kappa shape index (κ3) is 4.85. The molecule has 0 bridgehead atoms. The predicted octanol–water partition coefficient (Wildman–Crippen LogP) is 0.265. The summed E-state index contributed by atoms with van der Waals surface area (Å²) in [5.74, 6) is -0.125. The lowest BCUT2D eigenvalue weighted by Crippen LogP contribution is -2.53. The van der Waals surface area contributed by atoms with Crippen molar-refractivity contribution in [1.82, 2.24) is 5.32 Å². The van der Waals surface area contributed by atoms with E-state index in [2.05, 4.69) is 5.32 Å². The molecule has 0 aliphatic heterocycles. The van der Waals surface area contributed by atoms with Crippen LogP contribution in [0.15, 0.2) is 0 Å². The van der Waals surface area contributed by atoms with Crippen molar-refractivity contribution in [2.75, 3.05) is 13.7 Å². The van der Waals surface area contributed by atoms with Crippen LogP contribution < -0.4 is 11.1 Å². The van der Waals surface area contributed by atoms with Gasteiger partial charge in [0.2, 0.25) is 5.91 Å². The van der Waals surface area contributed by atoms with Crippen molar-refractivity contribution < 1.29 is 9.53 Å². The van der Waals surface area contributed by atoms with E-state index >= 15 is 0 Å². The minimum Gasteiger partial charge on any atom is -0.385 e. The lowest BCUT2D eigenvalue weighted by atomic mass is 9.98. The van der Waals surface area contributed by atoms with Gasteiger partial charge in [-0.05, 0) is 27.2 Å². The molecule has 13 heavy (non-hydrogen) atoms. The van der Waals surface area contributed by atoms with Crippen molar-refractivity contribution in [2.45, 2.75) is 38.8 Å². The second kappa shape index (κ2) is 5.19. The molecule has 0 aromatic heterocycles. The zero-order valence-corrected chi connectivity index (χ0v) is 8.89. The summed E-state index contributed by atoms with van der Waals surface area (Å²) in [5.41, 5.74) is 4.97. The molecule has 0 aromatic rings. The van der Waals surface area contributed by atoms with Crippen LogP contribution in [0.2, 0.25) is 0 Å². The molecule has 0 heterocycles. The summed E-state index contributed by atoms with van der Waals surface area (Å²) >= 11 is 0. The largest absolute Gasteiger partial charge is 0.385 e. The quantitative estimate of drug-likeness (QED) is 0.650. The Kier molecular flexibility index (Phi) is 4.95. The average Bonchev–Trinajstić information content (AvgIpc) is 1.99. The zero-order chi connectivity index (χ0) is 10.5. The molecule has 0 fully saturated rings. The number of nitrogens with two attached hydrogens (primary N) is 1. The Balaban J connectivity index is 4.03. The van der Waals surface area contributed by atoms with Gasteiger partial charge in [-0.15, -0.1) is 0 Å². The van der Waals surface area contributed by atoms with Crippen molar-refractivity contribution in [3.63, 3.8) is 0 Å². The van der Waals surface area contributed by atoms with E-state index in [-0.39, 0.29) is 11.9 Å². The molecular formula is C9H20N2O2. The minimum atomic E-state index is -0.833. The molecule has 3 N–H and O–H groups in total. The fraction of sp³-hybridized carbons (Fsp3) is 0.889. The molecule has 0 aromatic carbocycles. The molecule has 0 spiro atoms. The third-order valence-electron chi connectivity index (χ3n) is 1.76. The maximum Gasteiger partial charge on any atom is 0.240 e. The van der Waals surface area contributed by atoms with Crippen LogP contribution in [0.5, 0.6) is 0 Å². The van der Waals surface area contributed by atoms with Crippen LogP contribution in [0.3, 0.4) is 0 Å². The van der Waals surface area contributed by atoms with Crippen LogP contribution in [-0.2, 0) is 9.53 Å². The lowest BCUT2D eigenvalue weighted by Gasteiger charge is -2.24. The standard InChI is InChI=1S/C9H20N2O2/c1-7(2)11-8(12)9(3,10)5-6-13-4/h7H,5-6,10H2,1-4H3,(H,11,12)/t9-/m1/s1. The molecule has 0 rings (SSSR count). The highest BCUT2D eigenvalue weighted by Crippen LogP contribution is 2.05. The Labute approximate surface area is 79.8 Å². The van der Waals surface area contributed by atoms with E-state index in [1.54, 1.807) is 14.0 Å². The SMILES string of the molecule is COCC[C@@](C)(N)C(=O)NC(C)C. The Morgan fingerprint density at radius 1 is 1.62 bits per heavy atom. The van der Waals surface area contributed by atoms with Gasteiger partial charge in [-0.25, -0.2) is 0 Å². The minimum absolute atomic E-state index is 0.123. The van der Waals surface area contributed by atoms with Gasteiger partial charge in [-0.2, -0.15) is 0 Å². The van der Waals surface area contributed by atoms with Gasteiger partial charge in [0, 0.05) is 19.8 Å². The Morgan fingerprint density at radius 3 is 2.54 bits per heavy atom. The van der Waals surface area contributed by atoms with Gasteiger partial charge in [0.1, 0.15) is 0 Å². The van der Waals surface area contributed by atoms with Crippen molar-refractivity contribution >= 4 is 5.91 Å².